The average molecular weight is 446 g/mol. The number of halogens is 3. The minimum Gasteiger partial charge on any atom is -0.406 e. The first kappa shape index (κ1) is 23.9. The van der Waals surface area contributed by atoms with Gasteiger partial charge in [-0.05, 0) is 42.9 Å². The number of nitrogens with zero attached hydrogens (tertiary/aromatic N) is 2. The Balaban J connectivity index is 2.11. The lowest BCUT2D eigenvalue weighted by Crippen LogP contribution is -2.49. The molecule has 30 heavy (non-hydrogen) atoms. The second-order valence-electron chi connectivity index (χ2n) is 6.99. The molecule has 1 atom stereocenters. The quantitative estimate of drug-likeness (QED) is 0.352. The highest BCUT2D eigenvalue weighted by Gasteiger charge is 2.43. The number of alkyl halides is 3. The molecule has 0 aliphatic carbocycles. The lowest BCUT2D eigenvalue weighted by Gasteiger charge is -2.29. The number of imide groups is 1. The van der Waals surface area contributed by atoms with Crippen LogP contribution in [-0.4, -0.2) is 47.8 Å². The standard InChI is InChI=1S/C20H26F3N3O3S/c1-3-4-5-6-7-12-25(19(30)24-2)16-13-17(27)26(18(16)28)14-8-10-15(11-9-14)29-20(21,22)23/h8-11,16H,3-7,12-13H2,1-2H3,(H,24,30). The van der Waals surface area contributed by atoms with Crippen LogP contribution in [0.25, 0.3) is 0 Å². The molecule has 1 aromatic carbocycles. The number of hydrogen-bond donors (Lipinski definition) is 1. The predicted molar refractivity (Wildman–Crippen MR) is 111 cm³/mol. The molecule has 1 N–H and O–H groups in total. The van der Waals surface area contributed by atoms with E-state index in [0.29, 0.717) is 11.7 Å². The van der Waals surface area contributed by atoms with E-state index in [0.717, 1.165) is 49.1 Å². The normalized spacial score (nSPS) is 16.7. The minimum absolute atomic E-state index is 0.0452. The molecule has 2 rings (SSSR count). The van der Waals surface area contributed by atoms with Crippen LogP contribution in [0, 0.1) is 0 Å². The minimum atomic E-state index is -4.81. The van der Waals surface area contributed by atoms with E-state index in [1.54, 1.807) is 11.9 Å². The summed E-state index contributed by atoms with van der Waals surface area (Å²) in [5.74, 6) is -1.30. The van der Waals surface area contributed by atoms with Crippen molar-refractivity contribution < 1.29 is 27.5 Å². The van der Waals surface area contributed by atoms with Gasteiger partial charge in [-0.2, -0.15) is 0 Å². The third-order valence-corrected chi connectivity index (χ3v) is 5.24. The van der Waals surface area contributed by atoms with Gasteiger partial charge in [-0.15, -0.1) is 13.2 Å². The van der Waals surface area contributed by atoms with Crippen LogP contribution in [0.2, 0.25) is 0 Å². The van der Waals surface area contributed by atoms with E-state index in [1.807, 2.05) is 0 Å². The molecule has 0 spiro atoms. The van der Waals surface area contributed by atoms with Crippen molar-refractivity contribution in [2.75, 3.05) is 18.5 Å². The molecule has 0 aromatic heterocycles. The summed E-state index contributed by atoms with van der Waals surface area (Å²) in [5.41, 5.74) is 0.195. The number of unbranched alkanes of at least 4 members (excludes halogenated alkanes) is 4. The van der Waals surface area contributed by atoms with Crippen LogP contribution in [0.4, 0.5) is 18.9 Å². The maximum atomic E-state index is 13.0. The van der Waals surface area contributed by atoms with Crippen LogP contribution in [0.15, 0.2) is 24.3 Å². The van der Waals surface area contributed by atoms with Gasteiger partial charge in [0.25, 0.3) is 5.91 Å². The van der Waals surface area contributed by atoms with E-state index in [1.165, 1.54) is 12.1 Å². The van der Waals surface area contributed by atoms with Crippen molar-refractivity contribution in [3.05, 3.63) is 24.3 Å². The number of rotatable bonds is 9. The van der Waals surface area contributed by atoms with Crippen molar-refractivity contribution in [2.24, 2.45) is 0 Å². The van der Waals surface area contributed by atoms with Crippen molar-refractivity contribution in [1.29, 1.82) is 0 Å². The van der Waals surface area contributed by atoms with E-state index in [9.17, 15) is 22.8 Å². The lowest BCUT2D eigenvalue weighted by atomic mass is 10.1. The van der Waals surface area contributed by atoms with Gasteiger partial charge < -0.3 is 15.0 Å². The van der Waals surface area contributed by atoms with Crippen LogP contribution < -0.4 is 15.0 Å². The molecule has 6 nitrogen and oxygen atoms in total. The molecule has 1 aromatic rings. The van der Waals surface area contributed by atoms with Crippen LogP contribution in [-0.2, 0) is 9.59 Å². The molecule has 1 aliphatic heterocycles. The molecule has 0 saturated carbocycles. The van der Waals surface area contributed by atoms with E-state index in [2.05, 4.69) is 17.0 Å². The first-order valence-corrected chi connectivity index (χ1v) is 10.3. The van der Waals surface area contributed by atoms with Crippen molar-refractivity contribution in [3.8, 4) is 5.75 Å². The number of nitrogens with one attached hydrogen (secondary N) is 1. The smallest absolute Gasteiger partial charge is 0.406 e. The molecular weight excluding hydrogens is 419 g/mol. The summed E-state index contributed by atoms with van der Waals surface area (Å²) in [6.07, 6.45) is 0.323. The van der Waals surface area contributed by atoms with E-state index in [4.69, 9.17) is 12.2 Å². The van der Waals surface area contributed by atoms with Gasteiger partial charge in [0.1, 0.15) is 11.8 Å². The van der Waals surface area contributed by atoms with Gasteiger partial charge in [-0.3, -0.25) is 9.59 Å². The molecule has 0 radical (unpaired) electrons. The van der Waals surface area contributed by atoms with Crippen LogP contribution >= 0.6 is 12.2 Å². The molecule has 1 saturated heterocycles. The number of carbonyl (C=O) groups excluding carboxylic acids is 2. The summed E-state index contributed by atoms with van der Waals surface area (Å²) in [6, 6.07) is 3.91. The van der Waals surface area contributed by atoms with E-state index >= 15 is 0 Å². The summed E-state index contributed by atoms with van der Waals surface area (Å²) < 4.78 is 40.8. The fraction of sp³-hybridized carbons (Fsp3) is 0.550. The Bertz CT molecular complexity index is 756. The van der Waals surface area contributed by atoms with Gasteiger partial charge in [0, 0.05) is 13.6 Å². The van der Waals surface area contributed by atoms with Gasteiger partial charge in [-0.25, -0.2) is 4.90 Å². The number of thiocarbonyl (C=S) groups is 1. The fourth-order valence-electron chi connectivity index (χ4n) is 3.36. The highest BCUT2D eigenvalue weighted by Crippen LogP contribution is 2.29. The molecule has 10 heteroatoms. The van der Waals surface area contributed by atoms with E-state index < -0.39 is 30.0 Å². The molecule has 1 heterocycles. The van der Waals surface area contributed by atoms with Crippen LogP contribution in [0.1, 0.15) is 45.4 Å². The van der Waals surface area contributed by atoms with Gasteiger partial charge >= 0.3 is 6.36 Å². The SMILES string of the molecule is CCCCCCCN(C(=S)NC)C1CC(=O)N(c2ccc(OC(F)(F)F)cc2)C1=O. The topological polar surface area (TPSA) is 61.9 Å². The number of ether oxygens (including phenoxy) is 1. The molecule has 1 fully saturated rings. The zero-order chi connectivity index (χ0) is 22.3. The van der Waals surface area contributed by atoms with Crippen LogP contribution in [0.3, 0.4) is 0 Å². The number of anilines is 1. The fourth-order valence-corrected chi connectivity index (χ4v) is 3.57. The number of carbonyl (C=O) groups is 2. The Morgan fingerprint density at radius 3 is 2.40 bits per heavy atom. The van der Waals surface area contributed by atoms with E-state index in [-0.39, 0.29) is 12.1 Å². The Hall–Kier alpha value is -2.36. The molecule has 1 unspecified atom stereocenters. The Morgan fingerprint density at radius 2 is 1.83 bits per heavy atom. The number of amides is 2. The zero-order valence-corrected chi connectivity index (χ0v) is 17.8. The number of benzene rings is 1. The lowest BCUT2D eigenvalue weighted by molar-refractivity contribution is -0.274. The maximum Gasteiger partial charge on any atom is 0.573 e. The third kappa shape index (κ3) is 6.32. The first-order chi connectivity index (χ1) is 14.2. The molecule has 2 amide bonds. The molecule has 0 bridgehead atoms. The van der Waals surface area contributed by atoms with Gasteiger partial charge in [0.2, 0.25) is 5.91 Å². The van der Waals surface area contributed by atoms with Crippen molar-refractivity contribution >= 4 is 34.8 Å². The first-order valence-electron chi connectivity index (χ1n) is 9.89. The maximum absolute atomic E-state index is 13.0. The molecule has 1 aliphatic rings. The Labute approximate surface area is 179 Å². The average Bonchev–Trinajstić information content (AvgIpc) is 2.97. The zero-order valence-electron chi connectivity index (χ0n) is 17.0. The number of hydrogen-bond acceptors (Lipinski definition) is 4. The predicted octanol–water partition coefficient (Wildman–Crippen LogP) is 3.99. The van der Waals surface area contributed by atoms with Gasteiger partial charge in [0.15, 0.2) is 5.11 Å². The summed E-state index contributed by atoms with van der Waals surface area (Å²) in [6.45, 7) is 2.67. The second kappa shape index (κ2) is 10.6. The summed E-state index contributed by atoms with van der Waals surface area (Å²) in [7, 11) is 1.66. The van der Waals surface area contributed by atoms with Gasteiger partial charge in [0.05, 0.1) is 12.1 Å². The third-order valence-electron chi connectivity index (χ3n) is 4.80. The largest absolute Gasteiger partial charge is 0.573 e. The highest BCUT2D eigenvalue weighted by atomic mass is 32.1. The summed E-state index contributed by atoms with van der Waals surface area (Å²) in [5, 5.41) is 3.25. The summed E-state index contributed by atoms with van der Waals surface area (Å²) >= 11 is 5.34. The van der Waals surface area contributed by atoms with Crippen molar-refractivity contribution in [1.82, 2.24) is 10.2 Å². The Kier molecular flexibility index (Phi) is 8.45. The summed E-state index contributed by atoms with van der Waals surface area (Å²) in [4.78, 5) is 28.3. The van der Waals surface area contributed by atoms with Crippen molar-refractivity contribution in [3.63, 3.8) is 0 Å². The Morgan fingerprint density at radius 1 is 1.20 bits per heavy atom. The van der Waals surface area contributed by atoms with Gasteiger partial charge in [-0.1, -0.05) is 32.6 Å². The second-order valence-corrected chi connectivity index (χ2v) is 7.38. The van der Waals surface area contributed by atoms with Crippen molar-refractivity contribution in [2.45, 2.75) is 57.9 Å². The monoisotopic (exact) mass is 445 g/mol. The highest BCUT2D eigenvalue weighted by molar-refractivity contribution is 7.80. The van der Waals surface area contributed by atoms with Crippen LogP contribution in [0.5, 0.6) is 5.75 Å². The molecule has 166 valence electrons. The molecular formula is C20H26F3N3O3S.